The van der Waals surface area contributed by atoms with Gasteiger partial charge >= 0.3 is 0 Å². The maximum Gasteiger partial charge on any atom is 0.271 e. The summed E-state index contributed by atoms with van der Waals surface area (Å²) in [5.41, 5.74) is 6.65. The molecule has 1 amide bonds. The summed E-state index contributed by atoms with van der Waals surface area (Å²) in [7, 11) is 0. The quantitative estimate of drug-likeness (QED) is 0.118. The van der Waals surface area contributed by atoms with E-state index < -0.39 is 0 Å². The molecular weight excluding hydrogens is 587 g/mol. The fourth-order valence-corrected chi connectivity index (χ4v) is 4.86. The van der Waals surface area contributed by atoms with Gasteiger partial charge in [-0.05, 0) is 78.4 Å². The zero-order chi connectivity index (χ0) is 25.3. The Bertz CT molecular complexity index is 1340. The van der Waals surface area contributed by atoms with Gasteiger partial charge < -0.3 is 14.8 Å². The average molecular weight is 612 g/mol. The van der Waals surface area contributed by atoms with Crippen molar-refractivity contribution in [2.24, 2.45) is 5.10 Å². The lowest BCUT2D eigenvalue weighted by atomic mass is 10.1. The summed E-state index contributed by atoms with van der Waals surface area (Å²) in [6.45, 7) is 4.92. The van der Waals surface area contributed by atoms with Crippen LogP contribution in [0.2, 0.25) is 0 Å². The molecule has 0 aliphatic rings. The molecule has 0 spiro atoms. The minimum absolute atomic E-state index is 0.298. The number of aromatic nitrogens is 1. The van der Waals surface area contributed by atoms with Gasteiger partial charge in [0.1, 0.15) is 0 Å². The van der Waals surface area contributed by atoms with Crippen LogP contribution in [0.3, 0.4) is 0 Å². The third kappa shape index (κ3) is 6.61. The molecule has 1 aromatic heterocycles. The molecule has 0 radical (unpaired) electrons. The van der Waals surface area contributed by atoms with Crippen molar-refractivity contribution in [1.82, 2.24) is 10.4 Å². The number of carbonyl (C=O) groups is 1. The van der Waals surface area contributed by atoms with E-state index in [9.17, 15) is 4.79 Å². The van der Waals surface area contributed by atoms with E-state index in [0.29, 0.717) is 30.3 Å². The highest BCUT2D eigenvalue weighted by Gasteiger charge is 2.12. The van der Waals surface area contributed by atoms with Crippen LogP contribution in [-0.2, 0) is 0 Å². The van der Waals surface area contributed by atoms with Crippen molar-refractivity contribution in [1.29, 1.82) is 0 Å². The minimum atomic E-state index is -0.298. The van der Waals surface area contributed by atoms with E-state index in [0.717, 1.165) is 31.2 Å². The van der Waals surface area contributed by atoms with Crippen LogP contribution in [0.25, 0.3) is 11.3 Å². The Labute approximate surface area is 227 Å². The summed E-state index contributed by atoms with van der Waals surface area (Å²) in [6.07, 6.45) is 1.59. The van der Waals surface area contributed by atoms with E-state index >= 15 is 0 Å². The molecule has 4 aromatic rings. The summed E-state index contributed by atoms with van der Waals surface area (Å²) >= 11 is 3.73. The van der Waals surface area contributed by atoms with Gasteiger partial charge in [0.25, 0.3) is 5.91 Å². The Balaban J connectivity index is 1.38. The van der Waals surface area contributed by atoms with Crippen LogP contribution in [0, 0.1) is 3.57 Å². The highest BCUT2D eigenvalue weighted by molar-refractivity contribution is 14.1. The van der Waals surface area contributed by atoms with E-state index in [4.69, 9.17) is 9.47 Å². The number of amides is 1. The normalized spacial score (nSPS) is 10.9. The van der Waals surface area contributed by atoms with Gasteiger partial charge in [0.05, 0.1) is 28.7 Å². The van der Waals surface area contributed by atoms with Crippen molar-refractivity contribution in [2.75, 3.05) is 18.5 Å². The van der Waals surface area contributed by atoms with Crippen LogP contribution < -0.4 is 20.2 Å². The zero-order valence-electron chi connectivity index (χ0n) is 19.8. The van der Waals surface area contributed by atoms with E-state index in [2.05, 4.69) is 43.4 Å². The SMILES string of the molecule is CCOc1cc(/C=N\NC(=O)c2ccc(-c3csc(Nc4ccccc4)n3)cc2)cc(I)c1OCC. The number of nitrogens with zero attached hydrogens (tertiary/aromatic N) is 2. The predicted molar refractivity (Wildman–Crippen MR) is 154 cm³/mol. The molecule has 36 heavy (non-hydrogen) atoms. The van der Waals surface area contributed by atoms with Crippen molar-refractivity contribution in [3.05, 3.63) is 86.8 Å². The molecule has 1 heterocycles. The van der Waals surface area contributed by atoms with Crippen LogP contribution in [0.5, 0.6) is 11.5 Å². The second kappa shape index (κ2) is 12.5. The molecule has 0 aliphatic carbocycles. The van der Waals surface area contributed by atoms with E-state index in [-0.39, 0.29) is 5.91 Å². The van der Waals surface area contributed by atoms with Crippen LogP contribution in [0.15, 0.2) is 77.2 Å². The second-order valence-electron chi connectivity index (χ2n) is 7.50. The molecule has 0 bridgehead atoms. The van der Waals surface area contributed by atoms with E-state index in [1.54, 1.807) is 18.3 Å². The molecule has 0 saturated heterocycles. The molecule has 4 rings (SSSR count). The van der Waals surface area contributed by atoms with Gasteiger partial charge in [-0.1, -0.05) is 30.3 Å². The number of hydrazone groups is 1. The first-order valence-electron chi connectivity index (χ1n) is 11.4. The number of carbonyl (C=O) groups excluding carboxylic acids is 1. The Kier molecular flexibility index (Phi) is 8.90. The lowest BCUT2D eigenvalue weighted by Crippen LogP contribution is -2.17. The monoisotopic (exact) mass is 612 g/mol. The number of hydrogen-bond acceptors (Lipinski definition) is 7. The summed E-state index contributed by atoms with van der Waals surface area (Å²) in [5, 5.41) is 10.2. The Morgan fingerprint density at radius 3 is 2.53 bits per heavy atom. The summed E-state index contributed by atoms with van der Waals surface area (Å²) in [6, 6.07) is 20.9. The molecule has 7 nitrogen and oxygen atoms in total. The topological polar surface area (TPSA) is 84.8 Å². The number of benzene rings is 3. The van der Waals surface area contributed by atoms with Gasteiger partial charge in [-0.3, -0.25) is 4.79 Å². The maximum atomic E-state index is 12.6. The number of rotatable bonds is 10. The molecule has 3 aromatic carbocycles. The van der Waals surface area contributed by atoms with Crippen molar-refractivity contribution >= 4 is 56.9 Å². The summed E-state index contributed by atoms with van der Waals surface area (Å²) in [4.78, 5) is 17.2. The maximum absolute atomic E-state index is 12.6. The fourth-order valence-electron chi connectivity index (χ4n) is 3.34. The standard InChI is InChI=1S/C27H25IN4O3S/c1-3-34-24-15-18(14-22(28)25(24)35-4-2)16-29-32-26(33)20-12-10-19(11-13-20)23-17-36-27(31-23)30-21-8-6-5-7-9-21/h5-17H,3-4H2,1-2H3,(H,30,31)(H,32,33)/b29-16-. The van der Waals surface area contributed by atoms with Gasteiger partial charge in [-0.2, -0.15) is 5.10 Å². The number of hydrogen-bond donors (Lipinski definition) is 2. The molecule has 0 fully saturated rings. The lowest BCUT2D eigenvalue weighted by molar-refractivity contribution is 0.0955. The smallest absolute Gasteiger partial charge is 0.271 e. The highest BCUT2D eigenvalue weighted by Crippen LogP contribution is 2.34. The highest BCUT2D eigenvalue weighted by atomic mass is 127. The molecule has 0 unspecified atom stereocenters. The predicted octanol–water partition coefficient (Wildman–Crippen LogP) is 6.72. The number of thiazole rings is 1. The van der Waals surface area contributed by atoms with Crippen LogP contribution in [0.1, 0.15) is 29.8 Å². The third-order valence-corrected chi connectivity index (χ3v) is 6.53. The lowest BCUT2D eigenvalue weighted by Gasteiger charge is -2.13. The number of halogens is 1. The number of para-hydroxylation sites is 1. The van der Waals surface area contributed by atoms with Gasteiger partial charge in [0.2, 0.25) is 0 Å². The molecular formula is C27H25IN4O3S. The minimum Gasteiger partial charge on any atom is -0.490 e. The average Bonchev–Trinajstić information content (AvgIpc) is 3.35. The van der Waals surface area contributed by atoms with Gasteiger partial charge in [0, 0.05) is 22.2 Å². The van der Waals surface area contributed by atoms with Crippen molar-refractivity contribution in [3.8, 4) is 22.8 Å². The molecule has 0 saturated carbocycles. The first-order valence-corrected chi connectivity index (χ1v) is 13.3. The third-order valence-electron chi connectivity index (χ3n) is 4.97. The summed E-state index contributed by atoms with van der Waals surface area (Å²) in [5.74, 6) is 1.07. The molecule has 0 aliphatic heterocycles. The fraction of sp³-hybridized carbons (Fsp3) is 0.148. The Hall–Kier alpha value is -3.44. The van der Waals surface area contributed by atoms with Crippen molar-refractivity contribution in [2.45, 2.75) is 13.8 Å². The van der Waals surface area contributed by atoms with Gasteiger partial charge in [-0.15, -0.1) is 11.3 Å². The van der Waals surface area contributed by atoms with Crippen LogP contribution in [0.4, 0.5) is 10.8 Å². The summed E-state index contributed by atoms with van der Waals surface area (Å²) < 4.78 is 12.3. The van der Waals surface area contributed by atoms with Crippen LogP contribution in [-0.4, -0.2) is 30.3 Å². The Morgan fingerprint density at radius 2 is 1.81 bits per heavy atom. The largest absolute Gasteiger partial charge is 0.490 e. The zero-order valence-corrected chi connectivity index (χ0v) is 22.8. The van der Waals surface area contributed by atoms with Crippen LogP contribution >= 0.6 is 33.9 Å². The van der Waals surface area contributed by atoms with Gasteiger partial charge in [-0.25, -0.2) is 10.4 Å². The number of anilines is 2. The second-order valence-corrected chi connectivity index (χ2v) is 9.52. The molecule has 2 N–H and O–H groups in total. The first-order chi connectivity index (χ1) is 17.6. The first kappa shape index (κ1) is 25.6. The van der Waals surface area contributed by atoms with Crippen molar-refractivity contribution in [3.63, 3.8) is 0 Å². The Morgan fingerprint density at radius 1 is 1.06 bits per heavy atom. The van der Waals surface area contributed by atoms with E-state index in [1.165, 1.54) is 11.3 Å². The van der Waals surface area contributed by atoms with E-state index in [1.807, 2.05) is 73.8 Å². The molecule has 0 atom stereocenters. The molecule has 184 valence electrons. The number of nitrogens with one attached hydrogen (secondary N) is 2. The van der Waals surface area contributed by atoms with Gasteiger partial charge in [0.15, 0.2) is 16.6 Å². The molecule has 9 heteroatoms. The van der Waals surface area contributed by atoms with Crippen molar-refractivity contribution < 1.29 is 14.3 Å². The number of ether oxygens (including phenoxy) is 2.